The molecule has 0 saturated carbocycles. The van der Waals surface area contributed by atoms with E-state index in [4.69, 9.17) is 16.6 Å². The van der Waals surface area contributed by atoms with Gasteiger partial charge in [-0.15, -0.1) is 24.8 Å². The summed E-state index contributed by atoms with van der Waals surface area (Å²) in [5, 5.41) is 15.8. The molecule has 3 aromatic rings. The molecule has 6 N–H and O–H groups in total. The van der Waals surface area contributed by atoms with Gasteiger partial charge in [-0.2, -0.15) is 5.10 Å². The minimum Gasteiger partial charge on any atom is -0.398 e. The van der Waals surface area contributed by atoms with Gasteiger partial charge in [0, 0.05) is 11.8 Å². The number of rotatable bonds is 5. The van der Waals surface area contributed by atoms with E-state index in [0.717, 1.165) is 16.7 Å². The van der Waals surface area contributed by atoms with Crippen LogP contribution in [0.2, 0.25) is 0 Å². The largest absolute Gasteiger partial charge is 0.398 e. The molecule has 0 radical (unpaired) electrons. The Morgan fingerprint density at radius 2 is 1.52 bits per heavy atom. The minimum absolute atomic E-state index is 0. The molecule has 1 amide bonds. The Morgan fingerprint density at radius 1 is 0.926 bits per heavy atom. The van der Waals surface area contributed by atoms with Gasteiger partial charge in [-0.25, -0.2) is 0 Å². The SMILES string of the molecule is Cl.Cl.NC(=O)C(=C(N)c1ccc(-c2cn[nH]c2)cc1)c1ccc(CO)cc1. The molecule has 3 rings (SSSR count). The van der Waals surface area contributed by atoms with Crippen LogP contribution in [0.25, 0.3) is 22.4 Å². The standard InChI is InChI=1S/C19H18N4O2.2ClH/c20-18(15-7-5-13(6-8-15)16-9-22-23-10-16)17(19(21)25)14-3-1-12(11-24)2-4-14;;/h1-10,24H,11,20H2,(H2,21,25)(H,22,23);2*1H. The highest BCUT2D eigenvalue weighted by atomic mass is 35.5. The number of nitrogens with zero attached hydrogens (tertiary/aromatic N) is 1. The van der Waals surface area contributed by atoms with Gasteiger partial charge in [0.05, 0.1) is 24.1 Å². The zero-order chi connectivity index (χ0) is 17.8. The summed E-state index contributed by atoms with van der Waals surface area (Å²) >= 11 is 0. The fourth-order valence-corrected chi connectivity index (χ4v) is 2.60. The summed E-state index contributed by atoms with van der Waals surface area (Å²) in [6.45, 7) is -0.0686. The summed E-state index contributed by atoms with van der Waals surface area (Å²) in [6, 6.07) is 14.4. The molecule has 0 fully saturated rings. The molecular weight excluding hydrogens is 387 g/mol. The molecule has 1 heterocycles. The van der Waals surface area contributed by atoms with Crippen LogP contribution < -0.4 is 11.5 Å². The van der Waals surface area contributed by atoms with Crippen LogP contribution in [-0.2, 0) is 11.4 Å². The van der Waals surface area contributed by atoms with E-state index in [1.807, 2.05) is 24.3 Å². The van der Waals surface area contributed by atoms with Gasteiger partial charge in [-0.1, -0.05) is 48.5 Å². The quantitative estimate of drug-likeness (QED) is 0.384. The second kappa shape index (κ2) is 9.78. The van der Waals surface area contributed by atoms with Gasteiger partial charge in [0.25, 0.3) is 5.91 Å². The van der Waals surface area contributed by atoms with Crippen LogP contribution in [0.3, 0.4) is 0 Å². The third-order valence-corrected chi connectivity index (χ3v) is 3.97. The Hall–Kier alpha value is -2.80. The lowest BCUT2D eigenvalue weighted by Gasteiger charge is -2.11. The van der Waals surface area contributed by atoms with Crippen molar-refractivity contribution < 1.29 is 9.90 Å². The third kappa shape index (κ3) is 4.89. The molecule has 142 valence electrons. The number of amides is 1. The second-order valence-electron chi connectivity index (χ2n) is 5.57. The highest BCUT2D eigenvalue weighted by Gasteiger charge is 2.15. The minimum atomic E-state index is -0.604. The van der Waals surface area contributed by atoms with Crippen molar-refractivity contribution in [1.82, 2.24) is 10.2 Å². The van der Waals surface area contributed by atoms with Gasteiger partial charge in [-0.05, 0) is 22.3 Å². The van der Waals surface area contributed by atoms with Crippen molar-refractivity contribution in [3.8, 4) is 11.1 Å². The first kappa shape index (κ1) is 22.2. The van der Waals surface area contributed by atoms with E-state index in [-0.39, 0.29) is 37.0 Å². The van der Waals surface area contributed by atoms with Crippen LogP contribution in [0, 0.1) is 0 Å². The zero-order valence-electron chi connectivity index (χ0n) is 14.3. The molecule has 8 heteroatoms. The number of aromatic amines is 1. The Bertz CT molecular complexity index is 906. The third-order valence-electron chi connectivity index (χ3n) is 3.97. The van der Waals surface area contributed by atoms with E-state index in [1.54, 1.807) is 36.7 Å². The lowest BCUT2D eigenvalue weighted by Crippen LogP contribution is -2.17. The molecule has 0 spiro atoms. The summed E-state index contributed by atoms with van der Waals surface area (Å²) in [7, 11) is 0. The maximum atomic E-state index is 11.9. The molecule has 0 aliphatic rings. The Kier molecular flexibility index (Phi) is 8.05. The van der Waals surface area contributed by atoms with Crippen LogP contribution in [0.4, 0.5) is 0 Å². The van der Waals surface area contributed by atoms with Crippen LogP contribution in [0.5, 0.6) is 0 Å². The highest BCUT2D eigenvalue weighted by molar-refractivity contribution is 6.25. The van der Waals surface area contributed by atoms with Crippen molar-refractivity contribution >= 4 is 42.0 Å². The maximum Gasteiger partial charge on any atom is 0.251 e. The first-order valence-corrected chi connectivity index (χ1v) is 7.69. The van der Waals surface area contributed by atoms with Gasteiger partial charge in [0.2, 0.25) is 0 Å². The van der Waals surface area contributed by atoms with Crippen LogP contribution >= 0.6 is 24.8 Å². The van der Waals surface area contributed by atoms with E-state index >= 15 is 0 Å². The monoisotopic (exact) mass is 406 g/mol. The number of nitrogens with one attached hydrogen (secondary N) is 1. The smallest absolute Gasteiger partial charge is 0.251 e. The summed E-state index contributed by atoms with van der Waals surface area (Å²) < 4.78 is 0. The molecule has 0 unspecified atom stereocenters. The predicted octanol–water partition coefficient (Wildman–Crippen LogP) is 2.72. The van der Waals surface area contributed by atoms with E-state index in [1.165, 1.54) is 0 Å². The summed E-state index contributed by atoms with van der Waals surface area (Å²) in [5.74, 6) is -0.604. The van der Waals surface area contributed by atoms with Gasteiger partial charge in [0.15, 0.2) is 0 Å². The number of hydrogen-bond acceptors (Lipinski definition) is 4. The number of H-pyrrole nitrogens is 1. The Morgan fingerprint density at radius 3 is 2.00 bits per heavy atom. The van der Waals surface area contributed by atoms with Gasteiger partial charge in [-0.3, -0.25) is 9.89 Å². The Labute approximate surface area is 169 Å². The molecule has 6 nitrogen and oxygen atoms in total. The first-order chi connectivity index (χ1) is 12.1. The fourth-order valence-electron chi connectivity index (χ4n) is 2.60. The van der Waals surface area contributed by atoms with Gasteiger partial charge < -0.3 is 16.6 Å². The number of aromatic nitrogens is 2. The summed E-state index contributed by atoms with van der Waals surface area (Å²) in [4.78, 5) is 11.9. The maximum absolute atomic E-state index is 11.9. The van der Waals surface area contributed by atoms with Crippen LogP contribution in [0.15, 0.2) is 60.9 Å². The molecule has 27 heavy (non-hydrogen) atoms. The Balaban J connectivity index is 0.00000182. The predicted molar refractivity (Wildman–Crippen MR) is 111 cm³/mol. The van der Waals surface area contributed by atoms with Crippen molar-refractivity contribution in [1.29, 1.82) is 0 Å². The number of nitrogens with two attached hydrogens (primary N) is 2. The molecule has 0 saturated heterocycles. The lowest BCUT2D eigenvalue weighted by atomic mass is 9.97. The van der Waals surface area contributed by atoms with E-state index in [9.17, 15) is 4.79 Å². The van der Waals surface area contributed by atoms with Crippen molar-refractivity contribution in [2.45, 2.75) is 6.61 Å². The molecular formula is C19H20Cl2N4O2. The highest BCUT2D eigenvalue weighted by Crippen LogP contribution is 2.25. The summed E-state index contributed by atoms with van der Waals surface area (Å²) in [6.07, 6.45) is 3.53. The molecule has 0 aliphatic carbocycles. The average molecular weight is 407 g/mol. The molecule has 2 aromatic carbocycles. The van der Waals surface area contributed by atoms with E-state index in [2.05, 4.69) is 10.2 Å². The van der Waals surface area contributed by atoms with Crippen molar-refractivity contribution in [3.63, 3.8) is 0 Å². The van der Waals surface area contributed by atoms with E-state index < -0.39 is 5.91 Å². The van der Waals surface area contributed by atoms with E-state index in [0.29, 0.717) is 16.8 Å². The van der Waals surface area contributed by atoms with Gasteiger partial charge in [0.1, 0.15) is 0 Å². The van der Waals surface area contributed by atoms with Crippen molar-refractivity contribution in [3.05, 3.63) is 77.6 Å². The van der Waals surface area contributed by atoms with Crippen LogP contribution in [-0.4, -0.2) is 21.2 Å². The molecule has 0 aliphatic heterocycles. The number of aliphatic hydroxyl groups excluding tert-OH is 1. The molecule has 0 atom stereocenters. The number of halogens is 2. The van der Waals surface area contributed by atoms with Crippen LogP contribution in [0.1, 0.15) is 16.7 Å². The molecule has 1 aromatic heterocycles. The number of carbonyl (C=O) groups is 1. The average Bonchev–Trinajstić information content (AvgIpc) is 3.17. The topological polar surface area (TPSA) is 118 Å². The fraction of sp³-hybridized carbons (Fsp3) is 0.0526. The number of hydrogen-bond donors (Lipinski definition) is 4. The number of primary amides is 1. The number of carbonyl (C=O) groups excluding carboxylic acids is 1. The first-order valence-electron chi connectivity index (χ1n) is 7.69. The molecule has 0 bridgehead atoms. The van der Waals surface area contributed by atoms with Gasteiger partial charge >= 0.3 is 0 Å². The summed E-state index contributed by atoms with van der Waals surface area (Å²) in [5.41, 5.74) is 16.3. The van der Waals surface area contributed by atoms with Crippen molar-refractivity contribution in [2.75, 3.05) is 0 Å². The number of aliphatic hydroxyl groups is 1. The van der Waals surface area contributed by atoms with Crippen molar-refractivity contribution in [2.24, 2.45) is 11.5 Å². The zero-order valence-corrected chi connectivity index (χ0v) is 15.9. The normalized spacial score (nSPS) is 11.0. The lowest BCUT2D eigenvalue weighted by molar-refractivity contribution is -0.112. The number of benzene rings is 2. The second-order valence-corrected chi connectivity index (χ2v) is 5.57.